The third-order valence-electron chi connectivity index (χ3n) is 6.67. The summed E-state index contributed by atoms with van der Waals surface area (Å²) in [5.74, 6) is 1.73. The van der Waals surface area contributed by atoms with Crippen LogP contribution >= 0.6 is 0 Å². The Morgan fingerprint density at radius 2 is 0.788 bits per heavy atom. The van der Waals surface area contributed by atoms with Crippen LogP contribution in [0.2, 0.25) is 0 Å². The van der Waals surface area contributed by atoms with Crippen LogP contribution < -0.4 is 4.74 Å². The van der Waals surface area contributed by atoms with Gasteiger partial charge in [0.25, 0.3) is 0 Å². The summed E-state index contributed by atoms with van der Waals surface area (Å²) in [6, 6.07) is 42.9. The van der Waals surface area contributed by atoms with E-state index in [2.05, 4.69) is 121 Å². The molecule has 0 aliphatic rings. The molecular formula is C32H20O. The Morgan fingerprint density at radius 1 is 0.333 bits per heavy atom. The number of fused-ring (bicyclic) bond motifs is 9. The van der Waals surface area contributed by atoms with Gasteiger partial charge in [-0.1, -0.05) is 103 Å². The van der Waals surface area contributed by atoms with E-state index in [1.165, 1.54) is 48.5 Å². The van der Waals surface area contributed by atoms with Crippen molar-refractivity contribution in [1.82, 2.24) is 0 Å². The first-order chi connectivity index (χ1) is 16.4. The van der Waals surface area contributed by atoms with Crippen molar-refractivity contribution >= 4 is 53.9 Å². The lowest BCUT2D eigenvalue weighted by Gasteiger charge is -2.14. The molecule has 7 aromatic carbocycles. The topological polar surface area (TPSA) is 9.23 Å². The molecule has 0 aromatic heterocycles. The fraction of sp³-hybridized carbons (Fsp3) is 0. The highest BCUT2D eigenvalue weighted by atomic mass is 16.5. The normalized spacial score (nSPS) is 11.6. The van der Waals surface area contributed by atoms with Gasteiger partial charge in [0, 0.05) is 5.39 Å². The first-order valence-electron chi connectivity index (χ1n) is 11.3. The van der Waals surface area contributed by atoms with Crippen molar-refractivity contribution in [2.45, 2.75) is 0 Å². The van der Waals surface area contributed by atoms with Gasteiger partial charge in [0.15, 0.2) is 0 Å². The first-order valence-corrected chi connectivity index (χ1v) is 11.3. The van der Waals surface area contributed by atoms with Gasteiger partial charge in [-0.05, 0) is 66.7 Å². The summed E-state index contributed by atoms with van der Waals surface area (Å²) in [6.45, 7) is 0. The number of ether oxygens (including phenoxy) is 1. The number of hydrogen-bond acceptors (Lipinski definition) is 1. The van der Waals surface area contributed by atoms with E-state index in [0.717, 1.165) is 16.9 Å². The quantitative estimate of drug-likeness (QED) is 0.253. The SMILES string of the molecule is c1ccc2c(c1)cc(Oc1ccc3c4ccccc4c4ccccc4c3c1)c1ccccc12. The monoisotopic (exact) mass is 420 g/mol. The van der Waals surface area contributed by atoms with Gasteiger partial charge in [-0.25, -0.2) is 0 Å². The molecule has 0 amide bonds. The fourth-order valence-electron chi connectivity index (χ4n) is 5.18. The predicted octanol–water partition coefficient (Wildman–Crippen LogP) is 9.24. The Morgan fingerprint density at radius 3 is 1.42 bits per heavy atom. The third kappa shape index (κ3) is 2.79. The van der Waals surface area contributed by atoms with Crippen molar-refractivity contribution in [1.29, 1.82) is 0 Å². The van der Waals surface area contributed by atoms with Gasteiger partial charge in [0.1, 0.15) is 11.5 Å². The summed E-state index contributed by atoms with van der Waals surface area (Å²) in [6.07, 6.45) is 0. The van der Waals surface area contributed by atoms with Crippen molar-refractivity contribution in [3.8, 4) is 11.5 Å². The predicted molar refractivity (Wildman–Crippen MR) is 140 cm³/mol. The second-order valence-corrected chi connectivity index (χ2v) is 8.54. The van der Waals surface area contributed by atoms with Gasteiger partial charge in [-0.15, -0.1) is 0 Å². The summed E-state index contributed by atoms with van der Waals surface area (Å²) >= 11 is 0. The van der Waals surface area contributed by atoms with Crippen molar-refractivity contribution in [2.24, 2.45) is 0 Å². The summed E-state index contributed by atoms with van der Waals surface area (Å²) in [4.78, 5) is 0. The Bertz CT molecular complexity index is 1810. The van der Waals surface area contributed by atoms with Crippen molar-refractivity contribution in [3.63, 3.8) is 0 Å². The van der Waals surface area contributed by atoms with E-state index in [4.69, 9.17) is 4.74 Å². The minimum absolute atomic E-state index is 0.850. The first kappa shape index (κ1) is 18.2. The summed E-state index contributed by atoms with van der Waals surface area (Å²) < 4.78 is 6.57. The molecular weight excluding hydrogens is 400 g/mol. The smallest absolute Gasteiger partial charge is 0.135 e. The lowest BCUT2D eigenvalue weighted by atomic mass is 9.94. The highest BCUT2D eigenvalue weighted by Crippen LogP contribution is 2.39. The Hall–Kier alpha value is -4.36. The summed E-state index contributed by atoms with van der Waals surface area (Å²) in [7, 11) is 0. The zero-order chi connectivity index (χ0) is 21.8. The lowest BCUT2D eigenvalue weighted by molar-refractivity contribution is 0.490. The molecule has 0 heterocycles. The zero-order valence-electron chi connectivity index (χ0n) is 18.0. The summed E-state index contributed by atoms with van der Waals surface area (Å²) in [5, 5.41) is 12.3. The van der Waals surface area contributed by atoms with Crippen molar-refractivity contribution in [2.75, 3.05) is 0 Å². The second kappa shape index (κ2) is 7.08. The lowest BCUT2D eigenvalue weighted by Crippen LogP contribution is -1.89. The van der Waals surface area contributed by atoms with E-state index in [-0.39, 0.29) is 0 Å². The zero-order valence-corrected chi connectivity index (χ0v) is 18.0. The average Bonchev–Trinajstić information content (AvgIpc) is 2.89. The minimum Gasteiger partial charge on any atom is -0.457 e. The van der Waals surface area contributed by atoms with Gasteiger partial charge in [0.2, 0.25) is 0 Å². The van der Waals surface area contributed by atoms with Gasteiger partial charge >= 0.3 is 0 Å². The maximum absolute atomic E-state index is 6.57. The Kier molecular flexibility index (Phi) is 3.91. The van der Waals surface area contributed by atoms with Crippen LogP contribution in [0.3, 0.4) is 0 Å². The van der Waals surface area contributed by atoms with Crippen LogP contribution in [-0.2, 0) is 0 Å². The molecule has 0 aliphatic carbocycles. The average molecular weight is 421 g/mol. The largest absolute Gasteiger partial charge is 0.457 e. The van der Waals surface area contributed by atoms with E-state index in [0.29, 0.717) is 0 Å². The van der Waals surface area contributed by atoms with E-state index in [9.17, 15) is 0 Å². The molecule has 0 atom stereocenters. The molecule has 7 aromatic rings. The van der Waals surface area contributed by atoms with E-state index < -0.39 is 0 Å². The molecule has 0 aliphatic heterocycles. The van der Waals surface area contributed by atoms with E-state index in [1.54, 1.807) is 0 Å². The van der Waals surface area contributed by atoms with E-state index in [1.807, 2.05) is 0 Å². The summed E-state index contributed by atoms with van der Waals surface area (Å²) in [5.41, 5.74) is 0. The van der Waals surface area contributed by atoms with E-state index >= 15 is 0 Å². The van der Waals surface area contributed by atoms with Crippen LogP contribution in [0.15, 0.2) is 121 Å². The van der Waals surface area contributed by atoms with Crippen LogP contribution in [0.5, 0.6) is 11.5 Å². The van der Waals surface area contributed by atoms with Crippen molar-refractivity contribution in [3.05, 3.63) is 121 Å². The third-order valence-corrected chi connectivity index (χ3v) is 6.67. The van der Waals surface area contributed by atoms with Gasteiger partial charge < -0.3 is 4.74 Å². The minimum atomic E-state index is 0.850. The van der Waals surface area contributed by atoms with Crippen LogP contribution in [0.25, 0.3) is 53.9 Å². The number of benzene rings is 7. The molecule has 0 N–H and O–H groups in total. The molecule has 7 rings (SSSR count). The van der Waals surface area contributed by atoms with Crippen LogP contribution in [-0.4, -0.2) is 0 Å². The Labute approximate surface area is 191 Å². The van der Waals surface area contributed by atoms with Crippen LogP contribution in [0.1, 0.15) is 0 Å². The van der Waals surface area contributed by atoms with Crippen LogP contribution in [0.4, 0.5) is 0 Å². The molecule has 0 radical (unpaired) electrons. The highest BCUT2D eigenvalue weighted by molar-refractivity contribution is 6.25. The molecule has 1 heteroatoms. The van der Waals surface area contributed by atoms with Gasteiger partial charge in [-0.3, -0.25) is 0 Å². The standard InChI is InChI=1S/C32H20O/c1-2-10-23-21(9-1)19-32(30-16-8-7-11-24(23)30)33-22-17-18-29-27-14-4-3-12-25(27)26-13-5-6-15-28(26)31(29)20-22/h1-20H. The highest BCUT2D eigenvalue weighted by Gasteiger charge is 2.11. The molecule has 0 saturated heterocycles. The Balaban J connectivity index is 1.48. The molecule has 0 fully saturated rings. The molecule has 0 spiro atoms. The molecule has 0 bridgehead atoms. The molecule has 33 heavy (non-hydrogen) atoms. The number of rotatable bonds is 2. The number of hydrogen-bond donors (Lipinski definition) is 0. The van der Waals surface area contributed by atoms with Gasteiger partial charge in [0.05, 0.1) is 0 Å². The molecule has 0 unspecified atom stereocenters. The maximum Gasteiger partial charge on any atom is 0.135 e. The molecule has 0 saturated carbocycles. The fourth-order valence-corrected chi connectivity index (χ4v) is 5.18. The van der Waals surface area contributed by atoms with Crippen molar-refractivity contribution < 1.29 is 4.74 Å². The maximum atomic E-state index is 6.57. The molecule has 1 nitrogen and oxygen atoms in total. The van der Waals surface area contributed by atoms with Crippen LogP contribution in [0, 0.1) is 0 Å². The second-order valence-electron chi connectivity index (χ2n) is 8.54. The van der Waals surface area contributed by atoms with Gasteiger partial charge in [-0.2, -0.15) is 0 Å². The molecule has 154 valence electrons.